The average molecular weight is 282 g/mol. The number of rotatable bonds is 5. The van der Waals surface area contributed by atoms with Crippen LogP contribution >= 0.6 is 0 Å². The van der Waals surface area contributed by atoms with Gasteiger partial charge in [-0.2, -0.15) is 0 Å². The fourth-order valence-electron chi connectivity index (χ4n) is 2.14. The van der Waals surface area contributed by atoms with E-state index in [9.17, 15) is 4.79 Å². The van der Waals surface area contributed by atoms with Crippen molar-refractivity contribution in [3.8, 4) is 0 Å². The highest BCUT2D eigenvalue weighted by atomic mass is 16.2. The fraction of sp³-hybridized carbons (Fsp3) is 0.278. The van der Waals surface area contributed by atoms with E-state index in [1.54, 1.807) is 0 Å². The highest BCUT2D eigenvalue weighted by Crippen LogP contribution is 2.04. The van der Waals surface area contributed by atoms with Crippen molar-refractivity contribution in [2.45, 2.75) is 26.8 Å². The molecule has 0 aliphatic heterocycles. The second-order valence-corrected chi connectivity index (χ2v) is 5.33. The van der Waals surface area contributed by atoms with Crippen molar-refractivity contribution in [3.05, 3.63) is 70.8 Å². The molecule has 0 spiro atoms. The number of amides is 2. The number of nitrogens with one attached hydrogen (secondary N) is 2. The Kier molecular flexibility index (Phi) is 5.38. The van der Waals surface area contributed by atoms with Crippen molar-refractivity contribution in [2.75, 3.05) is 6.54 Å². The minimum Gasteiger partial charge on any atom is -0.338 e. The van der Waals surface area contributed by atoms with Gasteiger partial charge in [-0.1, -0.05) is 59.7 Å². The van der Waals surface area contributed by atoms with E-state index < -0.39 is 0 Å². The largest absolute Gasteiger partial charge is 0.338 e. The minimum absolute atomic E-state index is 0.122. The van der Waals surface area contributed by atoms with Gasteiger partial charge in [0.2, 0.25) is 0 Å². The molecule has 21 heavy (non-hydrogen) atoms. The van der Waals surface area contributed by atoms with Gasteiger partial charge in [0.05, 0.1) is 0 Å². The van der Waals surface area contributed by atoms with Crippen LogP contribution in [0.4, 0.5) is 4.79 Å². The lowest BCUT2D eigenvalue weighted by Crippen LogP contribution is -2.36. The summed E-state index contributed by atoms with van der Waals surface area (Å²) in [6.45, 7) is 5.32. The fourth-order valence-corrected chi connectivity index (χ4v) is 2.14. The third kappa shape index (κ3) is 5.30. The molecule has 0 radical (unpaired) electrons. The maximum atomic E-state index is 11.7. The molecule has 3 nitrogen and oxygen atoms in total. The van der Waals surface area contributed by atoms with E-state index in [1.165, 1.54) is 16.7 Å². The molecule has 0 unspecified atom stereocenters. The summed E-state index contributed by atoms with van der Waals surface area (Å²) in [7, 11) is 0. The Morgan fingerprint density at radius 1 is 0.905 bits per heavy atom. The SMILES string of the molecule is Cc1ccc(CNC(=O)NCCc2cccc(C)c2)cc1. The van der Waals surface area contributed by atoms with Gasteiger partial charge in [-0.25, -0.2) is 4.79 Å². The molecular weight excluding hydrogens is 260 g/mol. The molecule has 2 aromatic rings. The molecule has 0 heterocycles. The van der Waals surface area contributed by atoms with Crippen molar-refractivity contribution in [2.24, 2.45) is 0 Å². The van der Waals surface area contributed by atoms with Gasteiger partial charge in [0.25, 0.3) is 0 Å². The van der Waals surface area contributed by atoms with Crippen molar-refractivity contribution in [3.63, 3.8) is 0 Å². The number of benzene rings is 2. The van der Waals surface area contributed by atoms with Crippen LogP contribution in [0, 0.1) is 13.8 Å². The Labute approximate surface area is 126 Å². The summed E-state index contributed by atoms with van der Waals surface area (Å²) >= 11 is 0. The topological polar surface area (TPSA) is 41.1 Å². The molecule has 2 aromatic carbocycles. The molecule has 2 rings (SSSR count). The van der Waals surface area contributed by atoms with E-state index in [-0.39, 0.29) is 6.03 Å². The Hall–Kier alpha value is -2.29. The first-order valence-electron chi connectivity index (χ1n) is 7.26. The van der Waals surface area contributed by atoms with E-state index in [4.69, 9.17) is 0 Å². The van der Waals surface area contributed by atoms with Crippen molar-refractivity contribution >= 4 is 6.03 Å². The van der Waals surface area contributed by atoms with Gasteiger partial charge in [-0.05, 0) is 31.4 Å². The van der Waals surface area contributed by atoms with Crippen LogP contribution in [0.15, 0.2) is 48.5 Å². The number of hydrogen-bond donors (Lipinski definition) is 2. The van der Waals surface area contributed by atoms with Crippen LogP contribution in [0.3, 0.4) is 0 Å². The zero-order valence-corrected chi connectivity index (χ0v) is 12.6. The van der Waals surface area contributed by atoms with Crippen LogP contribution in [-0.4, -0.2) is 12.6 Å². The molecule has 0 atom stereocenters. The van der Waals surface area contributed by atoms with Crippen molar-refractivity contribution < 1.29 is 4.79 Å². The van der Waals surface area contributed by atoms with Crippen LogP contribution in [0.1, 0.15) is 22.3 Å². The van der Waals surface area contributed by atoms with Gasteiger partial charge in [-0.3, -0.25) is 0 Å². The van der Waals surface area contributed by atoms with Gasteiger partial charge in [-0.15, -0.1) is 0 Å². The molecule has 0 bridgehead atoms. The number of carbonyl (C=O) groups is 1. The van der Waals surface area contributed by atoms with E-state index in [2.05, 4.69) is 42.7 Å². The highest BCUT2D eigenvalue weighted by Gasteiger charge is 2.00. The molecule has 0 aliphatic carbocycles. The molecule has 2 N–H and O–H groups in total. The predicted molar refractivity (Wildman–Crippen MR) is 86.3 cm³/mol. The van der Waals surface area contributed by atoms with E-state index >= 15 is 0 Å². The maximum absolute atomic E-state index is 11.7. The number of carbonyl (C=O) groups excluding carboxylic acids is 1. The lowest BCUT2D eigenvalue weighted by Gasteiger charge is -2.08. The summed E-state index contributed by atoms with van der Waals surface area (Å²) in [6.07, 6.45) is 0.847. The summed E-state index contributed by atoms with van der Waals surface area (Å²) < 4.78 is 0. The van der Waals surface area contributed by atoms with Gasteiger partial charge in [0, 0.05) is 13.1 Å². The molecule has 0 fully saturated rings. The predicted octanol–water partition coefficient (Wildman–Crippen LogP) is 3.35. The summed E-state index contributed by atoms with van der Waals surface area (Å²) in [5.41, 5.74) is 4.82. The van der Waals surface area contributed by atoms with E-state index in [1.807, 2.05) is 30.3 Å². The van der Waals surface area contributed by atoms with E-state index in [0.717, 1.165) is 12.0 Å². The smallest absolute Gasteiger partial charge is 0.315 e. The number of hydrogen-bond acceptors (Lipinski definition) is 1. The molecule has 2 amide bonds. The molecule has 0 aromatic heterocycles. The lowest BCUT2D eigenvalue weighted by atomic mass is 10.1. The summed E-state index contributed by atoms with van der Waals surface area (Å²) in [4.78, 5) is 11.7. The van der Waals surface area contributed by atoms with Gasteiger partial charge < -0.3 is 10.6 Å². The van der Waals surface area contributed by atoms with Crippen LogP contribution in [0.2, 0.25) is 0 Å². The number of urea groups is 1. The summed E-state index contributed by atoms with van der Waals surface area (Å²) in [5.74, 6) is 0. The highest BCUT2D eigenvalue weighted by molar-refractivity contribution is 5.73. The molecule has 3 heteroatoms. The first-order valence-corrected chi connectivity index (χ1v) is 7.26. The monoisotopic (exact) mass is 282 g/mol. The first-order chi connectivity index (χ1) is 10.1. The molecular formula is C18H22N2O. The third-order valence-electron chi connectivity index (χ3n) is 3.36. The van der Waals surface area contributed by atoms with Gasteiger partial charge in [0.1, 0.15) is 0 Å². The Morgan fingerprint density at radius 2 is 1.67 bits per heavy atom. The summed E-state index contributed by atoms with van der Waals surface area (Å²) in [6, 6.07) is 16.4. The van der Waals surface area contributed by atoms with Crippen LogP contribution in [0.25, 0.3) is 0 Å². The molecule has 0 aliphatic rings. The van der Waals surface area contributed by atoms with Crippen LogP contribution < -0.4 is 10.6 Å². The second-order valence-electron chi connectivity index (χ2n) is 5.33. The summed E-state index contributed by atoms with van der Waals surface area (Å²) in [5, 5.41) is 5.75. The Balaban J connectivity index is 1.69. The van der Waals surface area contributed by atoms with Crippen molar-refractivity contribution in [1.82, 2.24) is 10.6 Å². The average Bonchev–Trinajstić information content (AvgIpc) is 2.47. The molecule has 0 saturated carbocycles. The van der Waals surface area contributed by atoms with Crippen LogP contribution in [0.5, 0.6) is 0 Å². The van der Waals surface area contributed by atoms with Gasteiger partial charge >= 0.3 is 6.03 Å². The zero-order valence-electron chi connectivity index (χ0n) is 12.6. The third-order valence-corrected chi connectivity index (χ3v) is 3.36. The maximum Gasteiger partial charge on any atom is 0.315 e. The number of aryl methyl sites for hydroxylation is 2. The first kappa shape index (κ1) is 15.1. The van der Waals surface area contributed by atoms with Crippen molar-refractivity contribution in [1.29, 1.82) is 0 Å². The second kappa shape index (κ2) is 7.48. The normalized spacial score (nSPS) is 10.2. The van der Waals surface area contributed by atoms with E-state index in [0.29, 0.717) is 13.1 Å². The van der Waals surface area contributed by atoms with Crippen LogP contribution in [-0.2, 0) is 13.0 Å². The quantitative estimate of drug-likeness (QED) is 0.867. The van der Waals surface area contributed by atoms with Gasteiger partial charge in [0.15, 0.2) is 0 Å². The minimum atomic E-state index is -0.122. The standard InChI is InChI=1S/C18H22N2O/c1-14-6-8-17(9-7-14)13-20-18(21)19-11-10-16-5-3-4-15(2)12-16/h3-9,12H,10-11,13H2,1-2H3,(H2,19,20,21). The molecule has 0 saturated heterocycles. The lowest BCUT2D eigenvalue weighted by molar-refractivity contribution is 0.240. The molecule has 110 valence electrons. The zero-order chi connectivity index (χ0) is 15.1. The Morgan fingerprint density at radius 3 is 2.38 bits per heavy atom. The Bertz CT molecular complexity index is 590.